The van der Waals surface area contributed by atoms with Crippen molar-refractivity contribution in [3.05, 3.63) is 82.4 Å². The summed E-state index contributed by atoms with van der Waals surface area (Å²) in [5.74, 6) is 0. The number of halogens is 1. The lowest BCUT2D eigenvalue weighted by molar-refractivity contribution is 0.320. The molecule has 1 aliphatic carbocycles. The fourth-order valence-corrected chi connectivity index (χ4v) is 2.61. The van der Waals surface area contributed by atoms with Gasteiger partial charge in [-0.1, -0.05) is 59.2 Å². The molecule has 0 unspecified atom stereocenters. The standard InChI is InChI=1S/C18H11ClN2O/c19-13-7-5-12(6-8-13)17(11-20)15-9-10-18(21-22)16-4-2-1-3-14(15)16/h1-10,22H. The van der Waals surface area contributed by atoms with Gasteiger partial charge in [-0.25, -0.2) is 0 Å². The third-order valence-corrected chi connectivity index (χ3v) is 3.77. The Balaban J connectivity index is 2.25. The van der Waals surface area contributed by atoms with E-state index in [1.807, 2.05) is 36.4 Å². The third-order valence-electron chi connectivity index (χ3n) is 3.52. The molecule has 22 heavy (non-hydrogen) atoms. The van der Waals surface area contributed by atoms with E-state index in [1.165, 1.54) is 0 Å². The van der Waals surface area contributed by atoms with Gasteiger partial charge in [0, 0.05) is 16.2 Å². The molecule has 0 atom stereocenters. The van der Waals surface area contributed by atoms with E-state index in [9.17, 15) is 5.26 Å². The first-order chi connectivity index (χ1) is 10.7. The summed E-state index contributed by atoms with van der Waals surface area (Å²) in [5.41, 5.74) is 4.29. The van der Waals surface area contributed by atoms with E-state index in [2.05, 4.69) is 11.2 Å². The molecule has 0 radical (unpaired) electrons. The van der Waals surface area contributed by atoms with E-state index in [4.69, 9.17) is 16.8 Å². The highest BCUT2D eigenvalue weighted by Crippen LogP contribution is 2.33. The van der Waals surface area contributed by atoms with Gasteiger partial charge in [-0.05, 0) is 29.3 Å². The minimum Gasteiger partial charge on any atom is -0.410 e. The van der Waals surface area contributed by atoms with Crippen molar-refractivity contribution in [2.75, 3.05) is 0 Å². The van der Waals surface area contributed by atoms with Crippen molar-refractivity contribution in [1.29, 1.82) is 5.26 Å². The number of rotatable bonds is 1. The minimum atomic E-state index is 0.479. The molecule has 1 N–H and O–H groups in total. The molecule has 0 heterocycles. The summed E-state index contributed by atoms with van der Waals surface area (Å²) in [6.45, 7) is 0. The zero-order chi connectivity index (χ0) is 15.5. The van der Waals surface area contributed by atoms with Crippen LogP contribution in [0.1, 0.15) is 16.7 Å². The van der Waals surface area contributed by atoms with Gasteiger partial charge < -0.3 is 5.21 Å². The van der Waals surface area contributed by atoms with Gasteiger partial charge >= 0.3 is 0 Å². The van der Waals surface area contributed by atoms with Crippen LogP contribution in [-0.2, 0) is 0 Å². The molecule has 0 amide bonds. The largest absolute Gasteiger partial charge is 0.410 e. The van der Waals surface area contributed by atoms with Gasteiger partial charge in [-0.3, -0.25) is 0 Å². The molecular formula is C18H11ClN2O. The number of fused-ring (bicyclic) bond motifs is 1. The van der Waals surface area contributed by atoms with Crippen molar-refractivity contribution >= 4 is 28.5 Å². The highest BCUT2D eigenvalue weighted by Gasteiger charge is 2.18. The molecule has 3 rings (SSSR count). The number of nitrogens with zero attached hydrogens (tertiary/aromatic N) is 2. The second-order valence-electron chi connectivity index (χ2n) is 4.77. The number of nitriles is 1. The fourth-order valence-electron chi connectivity index (χ4n) is 2.49. The molecule has 0 aromatic heterocycles. The van der Waals surface area contributed by atoms with E-state index in [0.717, 1.165) is 22.3 Å². The van der Waals surface area contributed by atoms with Gasteiger partial charge in [-0.15, -0.1) is 0 Å². The molecule has 0 fully saturated rings. The third kappa shape index (κ3) is 2.41. The molecular weight excluding hydrogens is 296 g/mol. The number of benzene rings is 2. The van der Waals surface area contributed by atoms with Crippen LogP contribution in [0.2, 0.25) is 5.02 Å². The van der Waals surface area contributed by atoms with Crippen LogP contribution < -0.4 is 0 Å². The Hall–Kier alpha value is -2.83. The van der Waals surface area contributed by atoms with E-state index in [1.54, 1.807) is 24.3 Å². The molecule has 106 valence electrons. The van der Waals surface area contributed by atoms with E-state index < -0.39 is 0 Å². The molecule has 0 saturated heterocycles. The number of allylic oxidation sites excluding steroid dienone is 4. The Morgan fingerprint density at radius 2 is 1.68 bits per heavy atom. The van der Waals surface area contributed by atoms with Crippen molar-refractivity contribution < 1.29 is 5.21 Å². The topological polar surface area (TPSA) is 56.4 Å². The summed E-state index contributed by atoms with van der Waals surface area (Å²) >= 11 is 5.91. The minimum absolute atomic E-state index is 0.479. The van der Waals surface area contributed by atoms with Crippen molar-refractivity contribution in [3.63, 3.8) is 0 Å². The molecule has 1 aliphatic rings. The fraction of sp³-hybridized carbons (Fsp3) is 0. The monoisotopic (exact) mass is 306 g/mol. The van der Waals surface area contributed by atoms with Crippen LogP contribution in [0, 0.1) is 11.3 Å². The maximum absolute atomic E-state index is 9.60. The van der Waals surface area contributed by atoms with E-state index >= 15 is 0 Å². The molecule has 2 aromatic rings. The van der Waals surface area contributed by atoms with Crippen molar-refractivity contribution in [2.45, 2.75) is 0 Å². The number of hydrogen-bond acceptors (Lipinski definition) is 3. The molecule has 0 saturated carbocycles. The van der Waals surface area contributed by atoms with Crippen molar-refractivity contribution in [3.8, 4) is 6.07 Å². The second kappa shape index (κ2) is 5.88. The van der Waals surface area contributed by atoms with Gasteiger partial charge in [0.2, 0.25) is 0 Å². The van der Waals surface area contributed by atoms with Gasteiger partial charge in [0.1, 0.15) is 11.8 Å². The predicted molar refractivity (Wildman–Crippen MR) is 87.8 cm³/mol. The maximum atomic E-state index is 9.60. The molecule has 0 bridgehead atoms. The smallest absolute Gasteiger partial charge is 0.110 e. The zero-order valence-corrected chi connectivity index (χ0v) is 12.2. The summed E-state index contributed by atoms with van der Waals surface area (Å²) < 4.78 is 0. The average Bonchev–Trinajstić information content (AvgIpc) is 2.57. The van der Waals surface area contributed by atoms with Crippen LogP contribution in [0.15, 0.2) is 65.8 Å². The number of oxime groups is 1. The first-order valence-corrected chi connectivity index (χ1v) is 7.02. The predicted octanol–water partition coefficient (Wildman–Crippen LogP) is 4.52. The van der Waals surface area contributed by atoms with Crippen LogP contribution in [0.3, 0.4) is 0 Å². The lowest BCUT2D eigenvalue weighted by Crippen LogP contribution is -2.07. The Morgan fingerprint density at radius 1 is 1.00 bits per heavy atom. The van der Waals surface area contributed by atoms with Crippen LogP contribution in [0.5, 0.6) is 0 Å². The first-order valence-electron chi connectivity index (χ1n) is 6.65. The van der Waals surface area contributed by atoms with Crippen LogP contribution in [0.4, 0.5) is 0 Å². The highest BCUT2D eigenvalue weighted by molar-refractivity contribution is 6.30. The van der Waals surface area contributed by atoms with Crippen LogP contribution >= 0.6 is 11.6 Å². The molecule has 0 aliphatic heterocycles. The molecule has 2 aromatic carbocycles. The normalized spacial score (nSPS) is 17.0. The van der Waals surface area contributed by atoms with Crippen molar-refractivity contribution in [2.24, 2.45) is 5.16 Å². The molecule has 0 spiro atoms. The van der Waals surface area contributed by atoms with Crippen LogP contribution in [-0.4, -0.2) is 10.9 Å². The summed E-state index contributed by atoms with van der Waals surface area (Å²) in [7, 11) is 0. The SMILES string of the molecule is N#CC(=C1C=CC(=NO)c2ccccc21)c1ccc(Cl)cc1. The first kappa shape index (κ1) is 14.1. The zero-order valence-electron chi connectivity index (χ0n) is 11.5. The van der Waals surface area contributed by atoms with Crippen LogP contribution in [0.25, 0.3) is 11.1 Å². The lowest BCUT2D eigenvalue weighted by Gasteiger charge is -2.16. The highest BCUT2D eigenvalue weighted by atomic mass is 35.5. The maximum Gasteiger partial charge on any atom is 0.110 e. The Morgan fingerprint density at radius 3 is 2.32 bits per heavy atom. The Bertz CT molecular complexity index is 855. The Kier molecular flexibility index (Phi) is 3.78. The number of hydrogen-bond donors (Lipinski definition) is 1. The van der Waals surface area contributed by atoms with E-state index in [-0.39, 0.29) is 0 Å². The van der Waals surface area contributed by atoms with E-state index in [0.29, 0.717) is 16.3 Å². The summed E-state index contributed by atoms with van der Waals surface area (Å²) in [5, 5.41) is 22.6. The van der Waals surface area contributed by atoms with Gasteiger partial charge in [-0.2, -0.15) is 5.26 Å². The summed E-state index contributed by atoms with van der Waals surface area (Å²) in [6, 6.07) is 17.0. The van der Waals surface area contributed by atoms with Gasteiger partial charge in [0.05, 0.1) is 5.57 Å². The second-order valence-corrected chi connectivity index (χ2v) is 5.21. The lowest BCUT2D eigenvalue weighted by atomic mass is 9.87. The van der Waals surface area contributed by atoms with Gasteiger partial charge in [0.25, 0.3) is 0 Å². The molecule has 3 nitrogen and oxygen atoms in total. The van der Waals surface area contributed by atoms with Gasteiger partial charge in [0.15, 0.2) is 0 Å². The Labute approximate surface area is 133 Å². The van der Waals surface area contributed by atoms with Crippen molar-refractivity contribution in [1.82, 2.24) is 0 Å². The summed E-state index contributed by atoms with van der Waals surface area (Å²) in [4.78, 5) is 0. The average molecular weight is 307 g/mol. The summed E-state index contributed by atoms with van der Waals surface area (Å²) in [6.07, 6.45) is 3.50. The molecule has 4 heteroatoms. The quantitative estimate of drug-likeness (QED) is 0.478.